The molecule has 0 fully saturated rings. The van der Waals surface area contributed by atoms with Crippen molar-refractivity contribution in [3.63, 3.8) is 0 Å². The lowest BCUT2D eigenvalue weighted by Crippen LogP contribution is -2.29. The number of aromatic nitrogens is 1. The minimum Gasteiger partial charge on any atom is -0.382 e. The van der Waals surface area contributed by atoms with Gasteiger partial charge in [-0.25, -0.2) is 5.48 Å². The van der Waals surface area contributed by atoms with Gasteiger partial charge in [0.2, 0.25) is 0 Å². The van der Waals surface area contributed by atoms with E-state index in [9.17, 15) is 9.59 Å². The maximum atomic E-state index is 11.3. The van der Waals surface area contributed by atoms with Gasteiger partial charge >= 0.3 is 0 Å². The van der Waals surface area contributed by atoms with Crippen LogP contribution in [-0.2, 0) is 9.57 Å². The molecule has 0 aromatic carbocycles. The Hall–Kier alpha value is -1.66. The predicted molar refractivity (Wildman–Crippen MR) is 52.4 cm³/mol. The Morgan fingerprint density at radius 3 is 3.00 bits per heavy atom. The maximum absolute atomic E-state index is 11.3. The number of rotatable bonds is 5. The topological polar surface area (TPSA) is 80.4 Å². The molecule has 0 aliphatic rings. The van der Waals surface area contributed by atoms with E-state index in [0.717, 1.165) is 0 Å². The standard InChI is InChI=1S/C9H12N2O4/c1-14-4-5-15-11-9(13)7-6-10-3-2-8(7)12/h2-3,6H,4-5H2,1H3,(H,10,12)(H,11,13). The second-order valence-corrected chi connectivity index (χ2v) is 2.69. The second-order valence-electron chi connectivity index (χ2n) is 2.69. The number of aromatic amines is 1. The van der Waals surface area contributed by atoms with Crippen molar-refractivity contribution >= 4 is 5.91 Å². The van der Waals surface area contributed by atoms with E-state index in [-0.39, 0.29) is 17.6 Å². The molecular weight excluding hydrogens is 200 g/mol. The van der Waals surface area contributed by atoms with Gasteiger partial charge in [0.25, 0.3) is 5.91 Å². The summed E-state index contributed by atoms with van der Waals surface area (Å²) in [6.07, 6.45) is 2.77. The molecule has 1 heterocycles. The molecule has 0 unspecified atom stereocenters. The maximum Gasteiger partial charge on any atom is 0.280 e. The van der Waals surface area contributed by atoms with E-state index in [0.29, 0.717) is 6.61 Å². The summed E-state index contributed by atoms with van der Waals surface area (Å²) in [6.45, 7) is 0.596. The van der Waals surface area contributed by atoms with E-state index in [1.54, 1.807) is 0 Å². The highest BCUT2D eigenvalue weighted by Crippen LogP contribution is 1.87. The zero-order chi connectivity index (χ0) is 11.1. The summed E-state index contributed by atoms with van der Waals surface area (Å²) >= 11 is 0. The third-order valence-corrected chi connectivity index (χ3v) is 1.62. The molecule has 6 heteroatoms. The summed E-state index contributed by atoms with van der Waals surface area (Å²) in [6, 6.07) is 1.27. The molecular formula is C9H12N2O4. The molecule has 82 valence electrons. The van der Waals surface area contributed by atoms with Crippen LogP contribution in [0.2, 0.25) is 0 Å². The van der Waals surface area contributed by atoms with Crippen molar-refractivity contribution in [1.29, 1.82) is 0 Å². The fraction of sp³-hybridized carbons (Fsp3) is 0.333. The average Bonchev–Trinajstić information content (AvgIpc) is 2.25. The van der Waals surface area contributed by atoms with Crippen LogP contribution in [0.5, 0.6) is 0 Å². The van der Waals surface area contributed by atoms with Crippen molar-refractivity contribution in [3.8, 4) is 0 Å². The van der Waals surface area contributed by atoms with Gasteiger partial charge < -0.3 is 9.72 Å². The molecule has 0 spiro atoms. The van der Waals surface area contributed by atoms with E-state index in [2.05, 4.69) is 10.5 Å². The normalized spacial score (nSPS) is 9.93. The Labute approximate surface area is 86.2 Å². The first-order chi connectivity index (χ1) is 7.25. The van der Waals surface area contributed by atoms with E-state index in [1.165, 1.54) is 25.6 Å². The molecule has 1 aromatic heterocycles. The lowest BCUT2D eigenvalue weighted by molar-refractivity contribution is 0.00880. The van der Waals surface area contributed by atoms with Crippen LogP contribution >= 0.6 is 0 Å². The van der Waals surface area contributed by atoms with Gasteiger partial charge in [-0.2, -0.15) is 0 Å². The Kier molecular flexibility index (Phi) is 4.52. The first kappa shape index (κ1) is 11.4. The van der Waals surface area contributed by atoms with Gasteiger partial charge in [-0.15, -0.1) is 0 Å². The van der Waals surface area contributed by atoms with Crippen molar-refractivity contribution in [2.24, 2.45) is 0 Å². The van der Waals surface area contributed by atoms with E-state index >= 15 is 0 Å². The van der Waals surface area contributed by atoms with Crippen molar-refractivity contribution in [2.75, 3.05) is 20.3 Å². The Morgan fingerprint density at radius 1 is 1.53 bits per heavy atom. The molecule has 0 radical (unpaired) electrons. The highest BCUT2D eigenvalue weighted by atomic mass is 16.7. The van der Waals surface area contributed by atoms with Crippen LogP contribution in [-0.4, -0.2) is 31.2 Å². The number of amides is 1. The zero-order valence-corrected chi connectivity index (χ0v) is 8.28. The highest BCUT2D eigenvalue weighted by molar-refractivity contribution is 5.92. The Balaban J connectivity index is 2.48. The van der Waals surface area contributed by atoms with Crippen LogP contribution in [0.4, 0.5) is 0 Å². The summed E-state index contributed by atoms with van der Waals surface area (Å²) in [5.41, 5.74) is 1.79. The van der Waals surface area contributed by atoms with Crippen LogP contribution in [0, 0.1) is 0 Å². The van der Waals surface area contributed by atoms with Gasteiger partial charge in [0.15, 0.2) is 5.43 Å². The molecule has 1 amide bonds. The number of pyridine rings is 1. The molecule has 0 bridgehead atoms. The Morgan fingerprint density at radius 2 is 2.33 bits per heavy atom. The number of hydrogen-bond donors (Lipinski definition) is 2. The van der Waals surface area contributed by atoms with Gasteiger partial charge in [0.1, 0.15) is 5.56 Å². The monoisotopic (exact) mass is 212 g/mol. The van der Waals surface area contributed by atoms with E-state index < -0.39 is 5.91 Å². The van der Waals surface area contributed by atoms with Crippen LogP contribution in [0.3, 0.4) is 0 Å². The first-order valence-electron chi connectivity index (χ1n) is 4.34. The predicted octanol–water partition coefficient (Wildman–Crippen LogP) is -0.317. The molecule has 1 rings (SSSR count). The molecule has 0 atom stereocenters. The lowest BCUT2D eigenvalue weighted by atomic mass is 10.3. The molecule has 2 N–H and O–H groups in total. The van der Waals surface area contributed by atoms with Gasteiger partial charge in [0, 0.05) is 25.6 Å². The van der Waals surface area contributed by atoms with Gasteiger partial charge in [-0.3, -0.25) is 14.4 Å². The molecule has 1 aromatic rings. The molecule has 0 aliphatic carbocycles. The summed E-state index contributed by atoms with van der Waals surface area (Å²) in [4.78, 5) is 29.9. The smallest absolute Gasteiger partial charge is 0.280 e. The minimum absolute atomic E-state index is 0.00918. The third kappa shape index (κ3) is 3.53. The zero-order valence-electron chi connectivity index (χ0n) is 8.28. The average molecular weight is 212 g/mol. The number of hydroxylamine groups is 1. The fourth-order valence-corrected chi connectivity index (χ4v) is 0.890. The summed E-state index contributed by atoms with van der Waals surface area (Å²) < 4.78 is 4.71. The van der Waals surface area contributed by atoms with E-state index in [4.69, 9.17) is 9.57 Å². The van der Waals surface area contributed by atoms with Crippen molar-refractivity contribution in [2.45, 2.75) is 0 Å². The number of methoxy groups -OCH3 is 1. The molecule has 0 saturated carbocycles. The fourth-order valence-electron chi connectivity index (χ4n) is 0.890. The number of ether oxygens (including phenoxy) is 1. The van der Waals surface area contributed by atoms with Crippen molar-refractivity contribution in [1.82, 2.24) is 10.5 Å². The molecule has 6 nitrogen and oxygen atoms in total. The van der Waals surface area contributed by atoms with Gasteiger partial charge in [-0.1, -0.05) is 0 Å². The number of carbonyl (C=O) groups is 1. The second kappa shape index (κ2) is 5.94. The third-order valence-electron chi connectivity index (χ3n) is 1.62. The summed E-state index contributed by atoms with van der Waals surface area (Å²) in [5, 5.41) is 0. The first-order valence-corrected chi connectivity index (χ1v) is 4.34. The number of nitrogens with one attached hydrogen (secondary N) is 2. The van der Waals surface area contributed by atoms with Crippen molar-refractivity contribution < 1.29 is 14.4 Å². The SMILES string of the molecule is COCCONC(=O)c1c[nH]ccc1=O. The van der Waals surface area contributed by atoms with Gasteiger partial charge in [-0.05, 0) is 0 Å². The van der Waals surface area contributed by atoms with Crippen LogP contribution in [0.15, 0.2) is 23.3 Å². The van der Waals surface area contributed by atoms with Crippen LogP contribution in [0.1, 0.15) is 10.4 Å². The largest absolute Gasteiger partial charge is 0.382 e. The van der Waals surface area contributed by atoms with Crippen LogP contribution in [0.25, 0.3) is 0 Å². The van der Waals surface area contributed by atoms with E-state index in [1.807, 2.05) is 0 Å². The number of H-pyrrole nitrogens is 1. The molecule has 0 saturated heterocycles. The quantitative estimate of drug-likeness (QED) is 0.518. The minimum atomic E-state index is -0.576. The lowest BCUT2D eigenvalue weighted by Gasteiger charge is -2.04. The van der Waals surface area contributed by atoms with Gasteiger partial charge in [0.05, 0.1) is 13.2 Å². The molecule has 15 heavy (non-hydrogen) atoms. The van der Waals surface area contributed by atoms with Crippen molar-refractivity contribution in [3.05, 3.63) is 34.2 Å². The summed E-state index contributed by atoms with van der Waals surface area (Å²) in [7, 11) is 1.52. The highest BCUT2D eigenvalue weighted by Gasteiger charge is 2.08. The number of hydrogen-bond acceptors (Lipinski definition) is 4. The van der Waals surface area contributed by atoms with Crippen LogP contribution < -0.4 is 10.9 Å². The number of carbonyl (C=O) groups excluding carboxylic acids is 1. The Bertz CT molecular complexity index is 374. The molecule has 0 aliphatic heterocycles. The summed E-state index contributed by atoms with van der Waals surface area (Å²) in [5.74, 6) is -0.576.